The second kappa shape index (κ2) is 10.7. The molecule has 3 aromatic rings. The Bertz CT molecular complexity index is 1200. The van der Waals surface area contributed by atoms with Crippen molar-refractivity contribution >= 4 is 44.6 Å². The van der Waals surface area contributed by atoms with E-state index < -0.39 is 10.0 Å². The van der Waals surface area contributed by atoms with Gasteiger partial charge in [0.2, 0.25) is 0 Å². The van der Waals surface area contributed by atoms with Crippen LogP contribution in [0.15, 0.2) is 70.9 Å². The van der Waals surface area contributed by atoms with Gasteiger partial charge in [0.15, 0.2) is 0 Å². The molecular weight excluding hydrogens is 482 g/mol. The first kappa shape index (κ1) is 23.7. The average Bonchev–Trinajstić information content (AvgIpc) is 3.36. The van der Waals surface area contributed by atoms with Crippen molar-refractivity contribution in [3.63, 3.8) is 0 Å². The summed E-state index contributed by atoms with van der Waals surface area (Å²) in [6, 6.07) is 16.6. The fraction of sp³-hybridized carbons (Fsp3) is 0.261. The number of carbonyl (C=O) groups excluding carboxylic acids is 1. The van der Waals surface area contributed by atoms with E-state index in [1.165, 1.54) is 12.1 Å². The molecule has 1 aliphatic heterocycles. The first-order valence-electron chi connectivity index (χ1n) is 10.4. The summed E-state index contributed by atoms with van der Waals surface area (Å²) in [4.78, 5) is 16.4. The molecule has 0 bridgehead atoms. The predicted octanol–water partition coefficient (Wildman–Crippen LogP) is 4.01. The molecule has 0 unspecified atom stereocenters. The van der Waals surface area contributed by atoms with Gasteiger partial charge in [0.1, 0.15) is 0 Å². The summed E-state index contributed by atoms with van der Waals surface area (Å²) in [7, 11) is -3.91. The first-order chi connectivity index (χ1) is 15.9. The van der Waals surface area contributed by atoms with E-state index in [0.29, 0.717) is 19.8 Å². The number of morpholine rings is 1. The van der Waals surface area contributed by atoms with Crippen molar-refractivity contribution in [2.45, 2.75) is 10.9 Å². The summed E-state index contributed by atoms with van der Waals surface area (Å²) in [6.45, 7) is 3.32. The number of sulfonamides is 1. The molecular formula is C23H24ClN3O4S2. The number of thiophene rings is 1. The summed E-state index contributed by atoms with van der Waals surface area (Å²) in [5.74, 6) is -0.334. The molecule has 4 rings (SSSR count). The van der Waals surface area contributed by atoms with Gasteiger partial charge >= 0.3 is 0 Å². The van der Waals surface area contributed by atoms with Gasteiger partial charge < -0.3 is 10.1 Å². The quantitative estimate of drug-likeness (QED) is 0.483. The molecule has 33 heavy (non-hydrogen) atoms. The van der Waals surface area contributed by atoms with Crippen molar-refractivity contribution in [3.8, 4) is 0 Å². The van der Waals surface area contributed by atoms with Crippen LogP contribution in [-0.4, -0.2) is 52.1 Å². The highest BCUT2D eigenvalue weighted by Gasteiger charge is 2.24. The summed E-state index contributed by atoms with van der Waals surface area (Å²) < 4.78 is 33.6. The molecule has 2 aromatic carbocycles. The lowest BCUT2D eigenvalue weighted by molar-refractivity contribution is 0.0169. The Balaban J connectivity index is 1.47. The van der Waals surface area contributed by atoms with E-state index in [1.54, 1.807) is 47.7 Å². The Morgan fingerprint density at radius 2 is 1.88 bits per heavy atom. The van der Waals surface area contributed by atoms with Crippen LogP contribution in [0.5, 0.6) is 0 Å². The largest absolute Gasteiger partial charge is 0.379 e. The van der Waals surface area contributed by atoms with E-state index in [-0.39, 0.29) is 33.1 Å². The smallest absolute Gasteiger partial charge is 0.261 e. The van der Waals surface area contributed by atoms with Crippen LogP contribution < -0.4 is 10.0 Å². The van der Waals surface area contributed by atoms with Gasteiger partial charge in [-0.3, -0.25) is 14.4 Å². The minimum atomic E-state index is -3.91. The number of nitrogens with zero attached hydrogens (tertiary/aromatic N) is 1. The third kappa shape index (κ3) is 5.93. The number of amides is 1. The highest BCUT2D eigenvalue weighted by Crippen LogP contribution is 2.26. The summed E-state index contributed by atoms with van der Waals surface area (Å²) in [6.07, 6.45) is 0. The Kier molecular flexibility index (Phi) is 7.67. The van der Waals surface area contributed by atoms with E-state index in [9.17, 15) is 13.2 Å². The molecule has 7 nitrogen and oxygen atoms in total. The zero-order valence-corrected chi connectivity index (χ0v) is 20.1. The lowest BCUT2D eigenvalue weighted by atomic mass is 10.1. The summed E-state index contributed by atoms with van der Waals surface area (Å²) in [5, 5.41) is 5.28. The van der Waals surface area contributed by atoms with E-state index in [0.717, 1.165) is 18.0 Å². The molecule has 0 spiro atoms. The number of carbonyl (C=O) groups is 1. The number of benzene rings is 2. The lowest BCUT2D eigenvalue weighted by Gasteiger charge is -2.34. The minimum Gasteiger partial charge on any atom is -0.379 e. The van der Waals surface area contributed by atoms with Gasteiger partial charge in [-0.2, -0.15) is 0 Å². The van der Waals surface area contributed by atoms with Gasteiger partial charge in [0.05, 0.1) is 34.9 Å². The monoisotopic (exact) mass is 505 g/mol. The molecule has 0 aliphatic carbocycles. The number of hydrogen-bond acceptors (Lipinski definition) is 6. The van der Waals surface area contributed by atoms with Crippen molar-refractivity contribution < 1.29 is 17.9 Å². The third-order valence-electron chi connectivity index (χ3n) is 5.34. The Morgan fingerprint density at radius 3 is 2.61 bits per heavy atom. The molecule has 1 amide bonds. The van der Waals surface area contributed by atoms with E-state index in [4.69, 9.17) is 16.3 Å². The van der Waals surface area contributed by atoms with Crippen LogP contribution in [0.1, 0.15) is 21.3 Å². The molecule has 1 saturated heterocycles. The Labute approximate surface area is 202 Å². The van der Waals surface area contributed by atoms with Crippen LogP contribution in [0.2, 0.25) is 5.02 Å². The van der Waals surface area contributed by atoms with E-state index in [1.807, 2.05) is 11.4 Å². The van der Waals surface area contributed by atoms with Gasteiger partial charge in [0, 0.05) is 30.1 Å². The van der Waals surface area contributed by atoms with Crippen molar-refractivity contribution in [2.75, 3.05) is 37.6 Å². The maximum atomic E-state index is 12.9. The van der Waals surface area contributed by atoms with E-state index in [2.05, 4.69) is 21.0 Å². The zero-order valence-electron chi connectivity index (χ0n) is 17.7. The number of ether oxygens (including phenoxy) is 1. The number of rotatable bonds is 8. The maximum Gasteiger partial charge on any atom is 0.261 e. The molecule has 10 heteroatoms. The highest BCUT2D eigenvalue weighted by molar-refractivity contribution is 7.92. The molecule has 174 valence electrons. The van der Waals surface area contributed by atoms with Gasteiger partial charge in [-0.05, 0) is 41.8 Å². The highest BCUT2D eigenvalue weighted by atomic mass is 35.5. The van der Waals surface area contributed by atoms with Gasteiger partial charge in [-0.15, -0.1) is 11.3 Å². The van der Waals surface area contributed by atoms with Gasteiger partial charge in [-0.1, -0.05) is 35.9 Å². The Morgan fingerprint density at radius 1 is 1.09 bits per heavy atom. The predicted molar refractivity (Wildman–Crippen MR) is 130 cm³/mol. The number of anilines is 1. The molecule has 1 aromatic heterocycles. The second-order valence-corrected chi connectivity index (χ2v) is 10.6. The van der Waals surface area contributed by atoms with Crippen LogP contribution in [-0.2, 0) is 14.8 Å². The maximum absolute atomic E-state index is 12.9. The lowest BCUT2D eigenvalue weighted by Crippen LogP contribution is -2.43. The fourth-order valence-corrected chi connectivity index (χ4v) is 5.85. The van der Waals surface area contributed by atoms with Crippen LogP contribution in [0.4, 0.5) is 5.69 Å². The molecule has 1 fully saturated rings. The number of para-hydroxylation sites is 1. The summed E-state index contributed by atoms with van der Waals surface area (Å²) >= 11 is 7.72. The van der Waals surface area contributed by atoms with Gasteiger partial charge in [-0.25, -0.2) is 8.42 Å². The van der Waals surface area contributed by atoms with Gasteiger partial charge in [0.25, 0.3) is 15.9 Å². The summed E-state index contributed by atoms with van der Waals surface area (Å²) in [5.41, 5.74) is 0.544. The second-order valence-electron chi connectivity index (χ2n) is 7.50. The Hall–Kier alpha value is -2.43. The molecule has 2 heterocycles. The number of halogens is 1. The van der Waals surface area contributed by atoms with Crippen LogP contribution in [0, 0.1) is 0 Å². The average molecular weight is 506 g/mol. The third-order valence-corrected chi connectivity index (χ3v) is 8.01. The number of nitrogens with one attached hydrogen (secondary N) is 2. The first-order valence-corrected chi connectivity index (χ1v) is 13.2. The topological polar surface area (TPSA) is 87.7 Å². The van der Waals surface area contributed by atoms with Crippen molar-refractivity contribution in [2.24, 2.45) is 0 Å². The van der Waals surface area contributed by atoms with Crippen LogP contribution in [0.25, 0.3) is 0 Å². The van der Waals surface area contributed by atoms with Crippen LogP contribution >= 0.6 is 22.9 Å². The standard InChI is InChI=1S/C23H24ClN3O4S2/c24-19-7-1-2-8-20(19)26-33(29,30)18-6-3-5-17(15-18)23(28)25-16-21(22-9-4-14-32-22)27-10-12-31-13-11-27/h1-9,14-15,21,26H,10-13,16H2,(H,25,28)/t21-/m1/s1. The normalized spacial score (nSPS) is 15.7. The zero-order chi connectivity index (χ0) is 23.3. The molecule has 0 radical (unpaired) electrons. The van der Waals surface area contributed by atoms with Crippen molar-refractivity contribution in [1.29, 1.82) is 0 Å². The van der Waals surface area contributed by atoms with Crippen molar-refractivity contribution in [3.05, 3.63) is 81.5 Å². The molecule has 0 saturated carbocycles. The molecule has 2 N–H and O–H groups in total. The molecule has 1 aliphatic rings. The minimum absolute atomic E-state index is 0.0157. The fourth-order valence-electron chi connectivity index (χ4n) is 3.62. The number of hydrogen-bond donors (Lipinski definition) is 2. The van der Waals surface area contributed by atoms with Crippen LogP contribution in [0.3, 0.4) is 0 Å². The SMILES string of the molecule is O=C(NC[C@H](c1cccs1)N1CCOCC1)c1cccc(S(=O)(=O)Nc2ccccc2Cl)c1. The molecule has 1 atom stereocenters. The van der Waals surface area contributed by atoms with E-state index >= 15 is 0 Å². The van der Waals surface area contributed by atoms with Crippen molar-refractivity contribution in [1.82, 2.24) is 10.2 Å².